The van der Waals surface area contributed by atoms with Crippen LogP contribution in [0, 0.1) is 11.3 Å². The van der Waals surface area contributed by atoms with E-state index < -0.39 is 0 Å². The van der Waals surface area contributed by atoms with Crippen LogP contribution in [0.1, 0.15) is 73.1 Å². The average molecular weight is 334 g/mol. The van der Waals surface area contributed by atoms with Crippen LogP contribution in [0.15, 0.2) is 0 Å². The first kappa shape index (κ1) is 19.4. The van der Waals surface area contributed by atoms with E-state index in [4.69, 9.17) is 0 Å². The number of halogens is 1. The van der Waals surface area contributed by atoms with E-state index in [1.54, 1.807) is 0 Å². The first-order valence-electron chi connectivity index (χ1n) is 8.39. The lowest BCUT2D eigenvalue weighted by Crippen LogP contribution is -2.41. The monoisotopic (exact) mass is 333 g/mol. The molecule has 0 aromatic carbocycles. The Hall–Kier alpha value is 0.440. The number of nitrogens with zero attached hydrogens (tertiary/aromatic N) is 1. The van der Waals surface area contributed by atoms with E-state index in [0.29, 0.717) is 5.41 Å². The maximum absolute atomic E-state index is 3.81. The van der Waals surface area contributed by atoms with E-state index in [0.717, 1.165) is 11.2 Å². The number of rotatable bonds is 12. The molecule has 0 radical (unpaired) electrons. The molecule has 0 aromatic heterocycles. The minimum absolute atomic E-state index is 0.492. The van der Waals surface area contributed by atoms with Gasteiger partial charge in [0.05, 0.1) is 0 Å². The number of alkyl halides is 1. The normalized spacial score (nSPS) is 12.6. The topological polar surface area (TPSA) is 3.24 Å². The van der Waals surface area contributed by atoms with Crippen LogP contribution < -0.4 is 0 Å². The van der Waals surface area contributed by atoms with Crippen LogP contribution in [-0.4, -0.2) is 29.9 Å². The zero-order valence-corrected chi connectivity index (χ0v) is 15.6. The molecule has 0 saturated carbocycles. The van der Waals surface area contributed by atoms with Crippen molar-refractivity contribution in [3.8, 4) is 0 Å². The molecule has 0 rings (SSSR count). The lowest BCUT2D eigenvalue weighted by atomic mass is 9.80. The fraction of sp³-hybridized carbons (Fsp3) is 1.00. The summed E-state index contributed by atoms with van der Waals surface area (Å²) in [5.41, 5.74) is 0.492. The molecule has 0 bridgehead atoms. The van der Waals surface area contributed by atoms with Crippen LogP contribution in [0.25, 0.3) is 0 Å². The molecule has 2 heteroatoms. The summed E-state index contributed by atoms with van der Waals surface area (Å²) in [5.74, 6) is 0.872. The Morgan fingerprint density at radius 3 is 1.79 bits per heavy atom. The second kappa shape index (κ2) is 11.1. The van der Waals surface area contributed by atoms with Gasteiger partial charge in [0.1, 0.15) is 0 Å². The smallest absolute Gasteiger partial charge is 0.0100 e. The standard InChI is InChI=1S/C17H36BrN/c1-6-11-17(14-18,12-7-2)15-19(10-5)13-16(8-3)9-4/h16H,6-15H2,1-5H3. The van der Waals surface area contributed by atoms with Gasteiger partial charge >= 0.3 is 0 Å². The van der Waals surface area contributed by atoms with Crippen molar-refractivity contribution >= 4 is 15.9 Å². The molecule has 0 unspecified atom stereocenters. The molecule has 0 amide bonds. The molecule has 0 aliphatic rings. The van der Waals surface area contributed by atoms with Gasteiger partial charge in [0.25, 0.3) is 0 Å². The van der Waals surface area contributed by atoms with Crippen molar-refractivity contribution in [3.63, 3.8) is 0 Å². The van der Waals surface area contributed by atoms with Crippen LogP contribution in [-0.2, 0) is 0 Å². The van der Waals surface area contributed by atoms with Crippen LogP contribution in [0.4, 0.5) is 0 Å². The van der Waals surface area contributed by atoms with E-state index in [-0.39, 0.29) is 0 Å². The van der Waals surface area contributed by atoms with Gasteiger partial charge in [-0.15, -0.1) is 0 Å². The van der Waals surface area contributed by atoms with Crippen LogP contribution >= 0.6 is 15.9 Å². The summed E-state index contributed by atoms with van der Waals surface area (Å²) in [4.78, 5) is 2.70. The average Bonchev–Trinajstić information content (AvgIpc) is 2.43. The highest BCUT2D eigenvalue weighted by atomic mass is 79.9. The molecule has 0 aromatic rings. The Kier molecular flexibility index (Phi) is 11.4. The zero-order chi connectivity index (χ0) is 14.7. The maximum atomic E-state index is 3.81. The Bertz CT molecular complexity index is 195. The van der Waals surface area contributed by atoms with Crippen molar-refractivity contribution in [1.29, 1.82) is 0 Å². The van der Waals surface area contributed by atoms with E-state index in [2.05, 4.69) is 55.4 Å². The summed E-state index contributed by atoms with van der Waals surface area (Å²) in [5, 5.41) is 1.15. The first-order valence-corrected chi connectivity index (χ1v) is 9.51. The Morgan fingerprint density at radius 1 is 0.947 bits per heavy atom. The molecule has 0 fully saturated rings. The predicted molar refractivity (Wildman–Crippen MR) is 92.2 cm³/mol. The highest BCUT2D eigenvalue weighted by Crippen LogP contribution is 2.33. The SMILES string of the molecule is CCCC(CBr)(CCC)CN(CC)CC(CC)CC. The van der Waals surface area contributed by atoms with E-state index in [1.807, 2.05) is 0 Å². The molecule has 19 heavy (non-hydrogen) atoms. The molecule has 0 heterocycles. The number of hydrogen-bond acceptors (Lipinski definition) is 1. The van der Waals surface area contributed by atoms with Crippen LogP contribution in [0.5, 0.6) is 0 Å². The lowest BCUT2D eigenvalue weighted by molar-refractivity contribution is 0.133. The van der Waals surface area contributed by atoms with Gasteiger partial charge in [0.15, 0.2) is 0 Å². The quantitative estimate of drug-likeness (QED) is 0.412. The van der Waals surface area contributed by atoms with Gasteiger partial charge < -0.3 is 4.90 Å². The second-order valence-corrected chi connectivity index (χ2v) is 6.70. The van der Waals surface area contributed by atoms with E-state index >= 15 is 0 Å². The lowest BCUT2D eigenvalue weighted by Gasteiger charge is -2.38. The predicted octanol–water partition coefficient (Wildman–Crippen LogP) is 5.73. The molecule has 0 saturated heterocycles. The molecular weight excluding hydrogens is 298 g/mol. The largest absolute Gasteiger partial charge is 0.303 e. The van der Waals surface area contributed by atoms with Crippen LogP contribution in [0.3, 0.4) is 0 Å². The molecule has 0 aliphatic heterocycles. The van der Waals surface area contributed by atoms with Gasteiger partial charge in [-0.2, -0.15) is 0 Å². The Morgan fingerprint density at radius 2 is 1.47 bits per heavy atom. The fourth-order valence-corrected chi connectivity index (χ4v) is 3.95. The summed E-state index contributed by atoms with van der Waals surface area (Å²) in [6.45, 7) is 15.4. The highest BCUT2D eigenvalue weighted by molar-refractivity contribution is 9.09. The third-order valence-electron chi connectivity index (χ3n) is 4.52. The van der Waals surface area contributed by atoms with Gasteiger partial charge in [-0.25, -0.2) is 0 Å². The highest BCUT2D eigenvalue weighted by Gasteiger charge is 2.29. The summed E-state index contributed by atoms with van der Waals surface area (Å²) in [6.07, 6.45) is 7.94. The van der Waals surface area contributed by atoms with Crippen molar-refractivity contribution in [2.24, 2.45) is 11.3 Å². The van der Waals surface area contributed by atoms with Gasteiger partial charge in [-0.1, -0.05) is 76.2 Å². The summed E-state index contributed by atoms with van der Waals surface area (Å²) in [6, 6.07) is 0. The van der Waals surface area contributed by atoms with Crippen molar-refractivity contribution in [3.05, 3.63) is 0 Å². The number of hydrogen-bond donors (Lipinski definition) is 0. The first-order chi connectivity index (χ1) is 9.11. The molecular formula is C17H36BrN. The molecule has 0 aliphatic carbocycles. The van der Waals surface area contributed by atoms with E-state index in [9.17, 15) is 0 Å². The molecule has 0 N–H and O–H groups in total. The third-order valence-corrected chi connectivity index (χ3v) is 5.71. The van der Waals surface area contributed by atoms with Crippen molar-refractivity contribution in [2.45, 2.75) is 73.1 Å². The van der Waals surface area contributed by atoms with Gasteiger partial charge in [-0.3, -0.25) is 0 Å². The van der Waals surface area contributed by atoms with Crippen molar-refractivity contribution in [1.82, 2.24) is 4.90 Å². The second-order valence-electron chi connectivity index (χ2n) is 6.14. The fourth-order valence-electron chi connectivity index (χ4n) is 3.21. The molecule has 116 valence electrons. The van der Waals surface area contributed by atoms with Crippen LogP contribution in [0.2, 0.25) is 0 Å². The zero-order valence-electron chi connectivity index (χ0n) is 14.0. The molecule has 0 atom stereocenters. The van der Waals surface area contributed by atoms with Gasteiger partial charge in [0, 0.05) is 18.4 Å². The Balaban J connectivity index is 4.66. The third kappa shape index (κ3) is 7.13. The van der Waals surface area contributed by atoms with Crippen molar-refractivity contribution < 1.29 is 0 Å². The molecule has 0 spiro atoms. The summed E-state index contributed by atoms with van der Waals surface area (Å²) >= 11 is 3.81. The van der Waals surface area contributed by atoms with Gasteiger partial charge in [-0.05, 0) is 30.7 Å². The summed E-state index contributed by atoms with van der Waals surface area (Å²) < 4.78 is 0. The van der Waals surface area contributed by atoms with E-state index in [1.165, 1.54) is 58.2 Å². The van der Waals surface area contributed by atoms with Gasteiger partial charge in [0.2, 0.25) is 0 Å². The minimum atomic E-state index is 0.492. The maximum Gasteiger partial charge on any atom is 0.0100 e. The Labute approximate surface area is 130 Å². The summed E-state index contributed by atoms with van der Waals surface area (Å²) in [7, 11) is 0. The molecule has 1 nitrogen and oxygen atoms in total. The van der Waals surface area contributed by atoms with Crippen molar-refractivity contribution in [2.75, 3.05) is 25.0 Å². The minimum Gasteiger partial charge on any atom is -0.303 e.